The van der Waals surface area contributed by atoms with E-state index in [0.29, 0.717) is 11.3 Å². The molecular formula is C26H27FN4O2. The van der Waals surface area contributed by atoms with Crippen molar-refractivity contribution in [3.8, 4) is 11.3 Å². The number of nitrogen functional groups attached to an aromatic ring is 1. The first-order valence-electron chi connectivity index (χ1n) is 11.5. The molecule has 0 unspecified atom stereocenters. The molecule has 1 aromatic heterocycles. The lowest BCUT2D eigenvalue weighted by atomic mass is 9.85. The van der Waals surface area contributed by atoms with Crippen molar-refractivity contribution in [1.29, 1.82) is 0 Å². The van der Waals surface area contributed by atoms with Crippen molar-refractivity contribution >= 4 is 11.7 Å². The summed E-state index contributed by atoms with van der Waals surface area (Å²) in [5.74, 6) is -0.345. The lowest BCUT2D eigenvalue weighted by molar-refractivity contribution is 0.0946. The number of rotatable bonds is 5. The van der Waals surface area contributed by atoms with Crippen LogP contribution in [0, 0.1) is 5.82 Å². The SMILES string of the molecule is Nc1ncc([C@H]2CC[C@H](O)CC2)nc1-c1ccc(C(=O)N[C@@H]2C[C@H]2c2ccccc2)c(F)c1. The maximum atomic E-state index is 14.9. The maximum absolute atomic E-state index is 14.9. The first-order chi connectivity index (χ1) is 16.0. The molecule has 0 bridgehead atoms. The minimum absolute atomic E-state index is 0.00131. The third-order valence-corrected chi connectivity index (χ3v) is 6.76. The number of carbonyl (C=O) groups excluding carboxylic acids is 1. The second-order valence-corrected chi connectivity index (χ2v) is 9.06. The molecule has 33 heavy (non-hydrogen) atoms. The predicted octanol–water partition coefficient (Wildman–Crippen LogP) is 4.17. The van der Waals surface area contributed by atoms with Crippen molar-refractivity contribution in [3.05, 3.63) is 77.4 Å². The van der Waals surface area contributed by atoms with Gasteiger partial charge in [0.25, 0.3) is 5.91 Å². The molecule has 1 amide bonds. The molecule has 4 N–H and O–H groups in total. The van der Waals surface area contributed by atoms with E-state index >= 15 is 0 Å². The number of carbonyl (C=O) groups is 1. The number of nitrogens with zero attached hydrogens (tertiary/aromatic N) is 2. The Labute approximate surface area is 192 Å². The van der Waals surface area contributed by atoms with Crippen molar-refractivity contribution in [3.63, 3.8) is 0 Å². The van der Waals surface area contributed by atoms with Crippen molar-refractivity contribution in [1.82, 2.24) is 15.3 Å². The van der Waals surface area contributed by atoms with Crippen LogP contribution in [0.15, 0.2) is 54.7 Å². The van der Waals surface area contributed by atoms with E-state index in [1.807, 2.05) is 30.3 Å². The number of nitrogens with one attached hydrogen (secondary N) is 1. The summed E-state index contributed by atoms with van der Waals surface area (Å²) < 4.78 is 14.9. The normalized spacial score (nSPS) is 24.3. The zero-order chi connectivity index (χ0) is 22.9. The standard InChI is InChI=1S/C26H27FN4O2/c27-21-12-17(24-25(28)29-14-23(30-24)16-6-9-18(32)10-7-16)8-11-19(21)26(33)31-22-13-20(22)15-4-2-1-3-5-15/h1-5,8,11-12,14,16,18,20,22,32H,6-7,9-10,13H2,(H2,28,29)(H,31,33)/t16-,18-,20-,22+/m0/s1. The molecule has 2 aromatic carbocycles. The predicted molar refractivity (Wildman–Crippen MR) is 124 cm³/mol. The van der Waals surface area contributed by atoms with E-state index in [-0.39, 0.29) is 35.4 Å². The Morgan fingerprint density at radius 1 is 1.09 bits per heavy atom. The van der Waals surface area contributed by atoms with Crippen LogP contribution in [0.2, 0.25) is 0 Å². The topological polar surface area (TPSA) is 101 Å². The van der Waals surface area contributed by atoms with Crippen LogP contribution < -0.4 is 11.1 Å². The summed E-state index contributed by atoms with van der Waals surface area (Å²) in [5.41, 5.74) is 8.93. The number of nitrogens with two attached hydrogens (primary N) is 1. The zero-order valence-corrected chi connectivity index (χ0v) is 18.2. The third-order valence-electron chi connectivity index (χ3n) is 6.76. The second-order valence-electron chi connectivity index (χ2n) is 9.06. The maximum Gasteiger partial charge on any atom is 0.254 e. The van der Waals surface area contributed by atoms with Crippen LogP contribution in [0.5, 0.6) is 0 Å². The number of anilines is 1. The smallest absolute Gasteiger partial charge is 0.254 e. The molecule has 0 saturated heterocycles. The molecule has 5 rings (SSSR count). The Morgan fingerprint density at radius 2 is 1.85 bits per heavy atom. The van der Waals surface area contributed by atoms with Crippen LogP contribution >= 0.6 is 0 Å². The van der Waals surface area contributed by atoms with Crippen LogP contribution in [0.3, 0.4) is 0 Å². The number of aliphatic hydroxyl groups is 1. The summed E-state index contributed by atoms with van der Waals surface area (Å²) in [6.07, 6.45) is 5.39. The van der Waals surface area contributed by atoms with Crippen LogP contribution in [0.25, 0.3) is 11.3 Å². The fourth-order valence-electron chi connectivity index (χ4n) is 4.71. The van der Waals surface area contributed by atoms with Gasteiger partial charge < -0.3 is 16.2 Å². The number of amides is 1. The van der Waals surface area contributed by atoms with Gasteiger partial charge in [-0.25, -0.2) is 14.4 Å². The molecular weight excluding hydrogens is 419 g/mol. The van der Waals surface area contributed by atoms with Gasteiger partial charge in [0.1, 0.15) is 17.3 Å². The molecule has 2 aliphatic carbocycles. The molecule has 2 fully saturated rings. The minimum Gasteiger partial charge on any atom is -0.393 e. The molecule has 170 valence electrons. The van der Waals surface area contributed by atoms with E-state index in [9.17, 15) is 14.3 Å². The summed E-state index contributed by atoms with van der Waals surface area (Å²) in [4.78, 5) is 21.6. The molecule has 1 heterocycles. The van der Waals surface area contributed by atoms with Gasteiger partial charge in [0, 0.05) is 23.4 Å². The average molecular weight is 447 g/mol. The summed E-state index contributed by atoms with van der Waals surface area (Å²) >= 11 is 0. The fraction of sp³-hybridized carbons (Fsp3) is 0.346. The largest absolute Gasteiger partial charge is 0.393 e. The summed E-state index contributed by atoms with van der Waals surface area (Å²) in [5, 5.41) is 12.7. The number of aliphatic hydroxyl groups excluding tert-OH is 1. The summed E-state index contributed by atoms with van der Waals surface area (Å²) in [6, 6.07) is 14.5. The highest BCUT2D eigenvalue weighted by Gasteiger charge is 2.39. The highest BCUT2D eigenvalue weighted by Crippen LogP contribution is 2.41. The second kappa shape index (κ2) is 8.90. The van der Waals surface area contributed by atoms with E-state index in [1.54, 1.807) is 12.3 Å². The first kappa shape index (κ1) is 21.5. The quantitative estimate of drug-likeness (QED) is 0.546. The van der Waals surface area contributed by atoms with E-state index in [2.05, 4.69) is 15.3 Å². The van der Waals surface area contributed by atoms with Crippen molar-refractivity contribution in [2.75, 3.05) is 5.73 Å². The fourth-order valence-corrected chi connectivity index (χ4v) is 4.71. The van der Waals surface area contributed by atoms with Crippen molar-refractivity contribution < 1.29 is 14.3 Å². The summed E-state index contributed by atoms with van der Waals surface area (Å²) in [7, 11) is 0. The number of hydrogen-bond acceptors (Lipinski definition) is 5. The van der Waals surface area contributed by atoms with Crippen molar-refractivity contribution in [2.45, 2.75) is 56.1 Å². The molecule has 7 heteroatoms. The Hall–Kier alpha value is -3.32. The van der Waals surface area contributed by atoms with Gasteiger partial charge in [-0.1, -0.05) is 36.4 Å². The molecule has 6 nitrogen and oxygen atoms in total. The molecule has 2 aliphatic rings. The molecule has 2 saturated carbocycles. The monoisotopic (exact) mass is 446 g/mol. The highest BCUT2D eigenvalue weighted by atomic mass is 19.1. The van der Waals surface area contributed by atoms with Gasteiger partial charge in [0.05, 0.1) is 23.6 Å². The minimum atomic E-state index is -0.616. The molecule has 2 atom stereocenters. The van der Waals surface area contributed by atoms with Gasteiger partial charge in [0.15, 0.2) is 0 Å². The average Bonchev–Trinajstić information content (AvgIpc) is 3.59. The van der Waals surface area contributed by atoms with E-state index in [4.69, 9.17) is 5.73 Å². The zero-order valence-electron chi connectivity index (χ0n) is 18.2. The van der Waals surface area contributed by atoms with Crippen LogP contribution in [0.1, 0.15) is 65.6 Å². The third kappa shape index (κ3) is 4.59. The van der Waals surface area contributed by atoms with Gasteiger partial charge in [-0.3, -0.25) is 4.79 Å². The molecule has 0 radical (unpaired) electrons. The number of hydrogen-bond donors (Lipinski definition) is 3. The molecule has 0 aliphatic heterocycles. The number of halogens is 1. The van der Waals surface area contributed by atoms with E-state index in [0.717, 1.165) is 37.8 Å². The first-order valence-corrected chi connectivity index (χ1v) is 11.5. The van der Waals surface area contributed by atoms with Crippen LogP contribution in [-0.2, 0) is 0 Å². The van der Waals surface area contributed by atoms with Crippen LogP contribution in [-0.4, -0.2) is 33.1 Å². The van der Waals surface area contributed by atoms with Crippen molar-refractivity contribution in [2.24, 2.45) is 0 Å². The summed E-state index contributed by atoms with van der Waals surface area (Å²) in [6.45, 7) is 0. The van der Waals surface area contributed by atoms with Gasteiger partial charge in [-0.15, -0.1) is 0 Å². The van der Waals surface area contributed by atoms with Gasteiger partial charge >= 0.3 is 0 Å². The van der Waals surface area contributed by atoms with Crippen LogP contribution in [0.4, 0.5) is 10.2 Å². The van der Waals surface area contributed by atoms with Gasteiger partial charge in [0.2, 0.25) is 0 Å². The Balaban J connectivity index is 1.31. The Kier molecular flexibility index (Phi) is 5.81. The van der Waals surface area contributed by atoms with E-state index < -0.39 is 11.7 Å². The number of aromatic nitrogens is 2. The van der Waals surface area contributed by atoms with E-state index in [1.165, 1.54) is 17.7 Å². The Morgan fingerprint density at radius 3 is 2.58 bits per heavy atom. The lowest BCUT2D eigenvalue weighted by Gasteiger charge is -2.25. The number of benzene rings is 2. The van der Waals surface area contributed by atoms with Gasteiger partial charge in [-0.05, 0) is 49.8 Å². The Bertz CT molecular complexity index is 1160. The molecule has 0 spiro atoms. The highest BCUT2D eigenvalue weighted by molar-refractivity contribution is 5.95. The molecule has 3 aromatic rings. The van der Waals surface area contributed by atoms with Gasteiger partial charge in [-0.2, -0.15) is 0 Å². The lowest BCUT2D eigenvalue weighted by Crippen LogP contribution is -2.27.